The quantitative estimate of drug-likeness (QED) is 0.194. The fourth-order valence-electron chi connectivity index (χ4n) is 3.06. The van der Waals surface area contributed by atoms with Crippen molar-refractivity contribution in [3.63, 3.8) is 0 Å². The second-order valence-corrected chi connectivity index (χ2v) is 6.86. The van der Waals surface area contributed by atoms with Crippen LogP contribution in [0.15, 0.2) is 49.1 Å². The number of hydrogen-bond donors (Lipinski definition) is 0. The van der Waals surface area contributed by atoms with Crippen molar-refractivity contribution in [2.75, 3.05) is 0 Å². The lowest BCUT2D eigenvalue weighted by Crippen LogP contribution is -2.25. The molecular weight excluding hydrogens is 463 g/mol. The number of hydrogen-bond acceptors (Lipinski definition) is 1. The smallest absolute Gasteiger partial charge is 0.429 e. The van der Waals surface area contributed by atoms with Crippen LogP contribution in [0.3, 0.4) is 0 Å². The Kier molecular flexibility index (Phi) is 6.76. The first-order chi connectivity index (χ1) is 15.5. The third kappa shape index (κ3) is 4.84. The van der Waals surface area contributed by atoms with Crippen molar-refractivity contribution in [3.8, 4) is 16.9 Å². The van der Waals surface area contributed by atoms with Gasteiger partial charge in [0.05, 0.1) is 0 Å². The van der Waals surface area contributed by atoms with Gasteiger partial charge in [-0.05, 0) is 36.1 Å². The van der Waals surface area contributed by atoms with E-state index in [-0.39, 0.29) is 24.1 Å². The highest BCUT2D eigenvalue weighted by Gasteiger charge is 2.41. The van der Waals surface area contributed by atoms with Crippen LogP contribution >= 0.6 is 0 Å². The van der Waals surface area contributed by atoms with E-state index in [1.807, 2.05) is 0 Å². The zero-order chi connectivity index (χ0) is 24.5. The first-order valence-corrected chi connectivity index (χ1v) is 9.25. The zero-order valence-corrected chi connectivity index (χ0v) is 16.5. The molecular formula is C23H13F9O. The largest absolute Gasteiger partial charge is 0.432 e. The Bertz CT molecular complexity index is 1170. The SMILES string of the molecule is C=CCCc1ccc(-c2cc(F)c(C(F)(F)Oc3cc(F)c(F)c(F)c3)c(F)c2)c(F)c1F. The van der Waals surface area contributed by atoms with Crippen LogP contribution in [0.2, 0.25) is 0 Å². The second-order valence-electron chi connectivity index (χ2n) is 6.86. The van der Waals surface area contributed by atoms with Gasteiger partial charge >= 0.3 is 6.11 Å². The van der Waals surface area contributed by atoms with Crippen molar-refractivity contribution < 1.29 is 44.3 Å². The average molecular weight is 476 g/mol. The summed E-state index contributed by atoms with van der Waals surface area (Å²) in [6.45, 7) is 3.45. The molecule has 1 nitrogen and oxygen atoms in total. The molecule has 0 saturated heterocycles. The minimum absolute atomic E-state index is 0.0209. The van der Waals surface area contributed by atoms with E-state index >= 15 is 0 Å². The highest BCUT2D eigenvalue weighted by molar-refractivity contribution is 5.65. The van der Waals surface area contributed by atoms with E-state index < -0.39 is 69.3 Å². The Labute approximate surface area is 181 Å². The minimum Gasteiger partial charge on any atom is -0.429 e. The van der Waals surface area contributed by atoms with Crippen LogP contribution < -0.4 is 4.74 Å². The molecule has 0 bridgehead atoms. The molecule has 3 aromatic rings. The maximum atomic E-state index is 14.5. The lowest BCUT2D eigenvalue weighted by Gasteiger charge is -2.20. The lowest BCUT2D eigenvalue weighted by atomic mass is 9.98. The van der Waals surface area contributed by atoms with Crippen LogP contribution in [0.5, 0.6) is 5.75 Å². The van der Waals surface area contributed by atoms with Crippen LogP contribution in [0, 0.1) is 40.7 Å². The summed E-state index contributed by atoms with van der Waals surface area (Å²) in [6.07, 6.45) is -2.87. The Morgan fingerprint density at radius 3 is 1.88 bits per heavy atom. The van der Waals surface area contributed by atoms with Crippen molar-refractivity contribution >= 4 is 0 Å². The molecule has 0 N–H and O–H groups in total. The molecule has 0 fully saturated rings. The first-order valence-electron chi connectivity index (χ1n) is 9.25. The van der Waals surface area contributed by atoms with Crippen LogP contribution in [0.1, 0.15) is 17.5 Å². The number of alkyl halides is 2. The van der Waals surface area contributed by atoms with Gasteiger partial charge in [-0.2, -0.15) is 8.78 Å². The van der Waals surface area contributed by atoms with Gasteiger partial charge in [0.15, 0.2) is 29.1 Å². The summed E-state index contributed by atoms with van der Waals surface area (Å²) < 4.78 is 130. The predicted octanol–water partition coefficient (Wildman–Crippen LogP) is 7.57. The molecule has 10 heteroatoms. The normalized spacial score (nSPS) is 11.5. The molecule has 33 heavy (non-hydrogen) atoms. The standard InChI is InChI=1S/C23H13F9O/c1-2-3-4-11-5-6-14(21(29)20(11)28)12-7-15(24)19(16(25)8-12)23(31,32)33-13-9-17(26)22(30)18(27)10-13/h2,5-10H,1,3-4H2. The summed E-state index contributed by atoms with van der Waals surface area (Å²) in [5.74, 6) is -13.5. The Morgan fingerprint density at radius 2 is 1.33 bits per heavy atom. The molecule has 0 radical (unpaired) electrons. The molecule has 0 amide bonds. The number of aryl methyl sites for hydroxylation is 1. The number of ether oxygens (including phenoxy) is 1. The van der Waals surface area contributed by atoms with Crippen LogP contribution in [-0.2, 0) is 12.5 Å². The highest BCUT2D eigenvalue weighted by Crippen LogP contribution is 2.38. The topological polar surface area (TPSA) is 9.23 Å². The van der Waals surface area contributed by atoms with E-state index in [1.165, 1.54) is 12.1 Å². The van der Waals surface area contributed by atoms with Gasteiger partial charge < -0.3 is 4.74 Å². The van der Waals surface area contributed by atoms with Gasteiger partial charge in [0.1, 0.15) is 22.9 Å². The van der Waals surface area contributed by atoms with Crippen molar-refractivity contribution in [1.82, 2.24) is 0 Å². The third-order valence-corrected chi connectivity index (χ3v) is 4.63. The Morgan fingerprint density at radius 1 is 0.758 bits per heavy atom. The molecule has 0 spiro atoms. The van der Waals surface area contributed by atoms with Crippen LogP contribution in [-0.4, -0.2) is 0 Å². The molecule has 0 aliphatic carbocycles. The van der Waals surface area contributed by atoms with E-state index in [4.69, 9.17) is 0 Å². The molecule has 0 heterocycles. The summed E-state index contributed by atoms with van der Waals surface area (Å²) in [5, 5.41) is 0. The predicted molar refractivity (Wildman–Crippen MR) is 101 cm³/mol. The van der Waals surface area contributed by atoms with E-state index in [2.05, 4.69) is 11.3 Å². The molecule has 0 saturated carbocycles. The van der Waals surface area contributed by atoms with Gasteiger partial charge in [-0.15, -0.1) is 6.58 Å². The molecule has 0 aromatic heterocycles. The lowest BCUT2D eigenvalue weighted by molar-refractivity contribution is -0.189. The number of allylic oxidation sites excluding steroid dienone is 1. The molecule has 0 aliphatic rings. The fraction of sp³-hybridized carbons (Fsp3) is 0.130. The van der Waals surface area contributed by atoms with E-state index in [1.54, 1.807) is 0 Å². The van der Waals surface area contributed by atoms with Crippen molar-refractivity contribution in [3.05, 3.63) is 101 Å². The van der Waals surface area contributed by atoms with Crippen LogP contribution in [0.4, 0.5) is 39.5 Å². The number of benzene rings is 3. The van der Waals surface area contributed by atoms with Gasteiger partial charge in [0.2, 0.25) is 0 Å². The van der Waals surface area contributed by atoms with Gasteiger partial charge in [0, 0.05) is 17.7 Å². The van der Waals surface area contributed by atoms with Gasteiger partial charge in [-0.25, -0.2) is 30.7 Å². The molecule has 0 atom stereocenters. The molecule has 0 aliphatic heterocycles. The van der Waals surface area contributed by atoms with Crippen molar-refractivity contribution in [2.24, 2.45) is 0 Å². The summed E-state index contributed by atoms with van der Waals surface area (Å²) in [5.41, 5.74) is -3.16. The summed E-state index contributed by atoms with van der Waals surface area (Å²) in [4.78, 5) is 0. The third-order valence-electron chi connectivity index (χ3n) is 4.63. The maximum Gasteiger partial charge on any atom is 0.432 e. The Balaban J connectivity index is 1.99. The van der Waals surface area contributed by atoms with Gasteiger partial charge in [-0.3, -0.25) is 0 Å². The van der Waals surface area contributed by atoms with Crippen LogP contribution in [0.25, 0.3) is 11.1 Å². The van der Waals surface area contributed by atoms with Gasteiger partial charge in [-0.1, -0.05) is 18.2 Å². The molecule has 3 rings (SSSR count). The van der Waals surface area contributed by atoms with Gasteiger partial charge in [0.25, 0.3) is 0 Å². The molecule has 3 aromatic carbocycles. The van der Waals surface area contributed by atoms with Crippen molar-refractivity contribution in [2.45, 2.75) is 19.0 Å². The highest BCUT2D eigenvalue weighted by atomic mass is 19.3. The summed E-state index contributed by atoms with van der Waals surface area (Å²) >= 11 is 0. The van der Waals surface area contributed by atoms with E-state index in [0.29, 0.717) is 18.6 Å². The minimum atomic E-state index is -4.80. The summed E-state index contributed by atoms with van der Waals surface area (Å²) in [7, 11) is 0. The fourth-order valence-corrected chi connectivity index (χ4v) is 3.06. The number of halogens is 9. The average Bonchev–Trinajstić information content (AvgIpc) is 2.72. The molecule has 0 unspecified atom stereocenters. The van der Waals surface area contributed by atoms with E-state index in [9.17, 15) is 39.5 Å². The van der Waals surface area contributed by atoms with Crippen molar-refractivity contribution in [1.29, 1.82) is 0 Å². The first kappa shape index (κ1) is 24.2. The maximum absolute atomic E-state index is 14.5. The monoisotopic (exact) mass is 476 g/mol. The molecule has 174 valence electrons. The summed E-state index contributed by atoms with van der Waals surface area (Å²) in [6, 6.07) is 2.97. The second kappa shape index (κ2) is 9.21. The van der Waals surface area contributed by atoms with E-state index in [0.717, 1.165) is 6.07 Å². The zero-order valence-electron chi connectivity index (χ0n) is 16.5. The Hall–Kier alpha value is -3.43. The number of rotatable bonds is 7.